The van der Waals surface area contributed by atoms with Crippen LogP contribution in [0.4, 0.5) is 11.4 Å². The fourth-order valence-corrected chi connectivity index (χ4v) is 8.21. The summed E-state index contributed by atoms with van der Waals surface area (Å²) in [6.45, 7) is 0. The number of carbonyl (C=O) groups is 2. The molecule has 0 aromatic heterocycles. The Hall–Kier alpha value is -2.55. The Bertz CT molecular complexity index is 1300. The SMILES string of the molecule is O=C1[C@@H]2[C@H](C(=O)N1c1ccc(Cl)cc1[N+](=O)[O-])C1(Br)c3ccccc3C2(Br)c2ccccc21. The zero-order valence-corrected chi connectivity index (χ0v) is 20.6. The van der Waals surface area contributed by atoms with Gasteiger partial charge in [0.2, 0.25) is 11.8 Å². The van der Waals surface area contributed by atoms with E-state index in [1.165, 1.54) is 12.1 Å². The van der Waals surface area contributed by atoms with E-state index in [0.29, 0.717) is 0 Å². The van der Waals surface area contributed by atoms with Gasteiger partial charge < -0.3 is 0 Å². The van der Waals surface area contributed by atoms with Crippen LogP contribution in [0.25, 0.3) is 0 Å². The molecule has 1 saturated heterocycles. The average Bonchev–Trinajstić information content (AvgIpc) is 3.08. The third-order valence-corrected chi connectivity index (χ3v) is 9.89. The molecular weight excluding hydrogens is 576 g/mol. The Kier molecular flexibility index (Phi) is 4.29. The van der Waals surface area contributed by atoms with Gasteiger partial charge in [-0.3, -0.25) is 19.7 Å². The molecule has 0 N–H and O–H groups in total. The first-order valence-electron chi connectivity index (χ1n) is 10.1. The number of nitro groups is 1. The number of anilines is 1. The molecule has 4 aliphatic rings. The minimum absolute atomic E-state index is 0.0755. The van der Waals surface area contributed by atoms with Crippen LogP contribution in [0.2, 0.25) is 5.02 Å². The summed E-state index contributed by atoms with van der Waals surface area (Å²) in [5, 5.41) is 11.9. The molecular formula is C24H13Br2ClN2O4. The number of hydrogen-bond donors (Lipinski definition) is 0. The molecule has 1 fully saturated rings. The number of halogens is 3. The van der Waals surface area contributed by atoms with E-state index >= 15 is 0 Å². The third kappa shape index (κ3) is 2.39. The van der Waals surface area contributed by atoms with Crippen LogP contribution in [0, 0.1) is 22.0 Å². The Morgan fingerprint density at radius 3 is 1.64 bits per heavy atom. The summed E-state index contributed by atoms with van der Waals surface area (Å²) in [7, 11) is 0. The van der Waals surface area contributed by atoms with Gasteiger partial charge in [0.05, 0.1) is 25.4 Å². The topological polar surface area (TPSA) is 80.5 Å². The molecule has 3 aliphatic carbocycles. The standard InChI is InChI=1S/C24H13Br2ClN2O4/c25-23-13-5-1-2-6-14(13)24(26,16-8-4-3-7-15(16)23)20-19(23)21(30)28(22(20)31)17-10-9-12(27)11-18(17)29(32)33/h1-11,19-20H/t19-,20+,23?,24?. The highest BCUT2D eigenvalue weighted by Gasteiger charge is 2.72. The average molecular weight is 589 g/mol. The molecule has 0 saturated carbocycles. The van der Waals surface area contributed by atoms with Crippen molar-refractivity contribution in [3.63, 3.8) is 0 Å². The summed E-state index contributed by atoms with van der Waals surface area (Å²) in [4.78, 5) is 40.0. The van der Waals surface area contributed by atoms with Crippen LogP contribution in [0.15, 0.2) is 66.7 Å². The van der Waals surface area contributed by atoms with Crippen molar-refractivity contribution in [2.75, 3.05) is 4.90 Å². The third-order valence-electron chi connectivity index (χ3n) is 6.96. The van der Waals surface area contributed by atoms with Crippen LogP contribution < -0.4 is 4.90 Å². The molecule has 3 aromatic rings. The second-order valence-electron chi connectivity index (χ2n) is 8.37. The van der Waals surface area contributed by atoms with Crippen LogP contribution >= 0.6 is 43.5 Å². The molecule has 0 unspecified atom stereocenters. The predicted octanol–water partition coefficient (Wildman–Crippen LogP) is 5.66. The van der Waals surface area contributed by atoms with Gasteiger partial charge in [-0.25, -0.2) is 4.90 Å². The van der Waals surface area contributed by atoms with Gasteiger partial charge >= 0.3 is 0 Å². The maximum atomic E-state index is 14.0. The lowest BCUT2D eigenvalue weighted by atomic mass is 9.54. The van der Waals surface area contributed by atoms with Crippen molar-refractivity contribution in [1.82, 2.24) is 0 Å². The number of nitrogens with zero attached hydrogens (tertiary/aromatic N) is 2. The molecule has 3 aromatic carbocycles. The molecule has 164 valence electrons. The van der Waals surface area contributed by atoms with Gasteiger partial charge in [0.1, 0.15) is 5.69 Å². The summed E-state index contributed by atoms with van der Waals surface area (Å²) >= 11 is 13.8. The molecule has 33 heavy (non-hydrogen) atoms. The van der Waals surface area contributed by atoms with Gasteiger partial charge in [0.25, 0.3) is 5.69 Å². The van der Waals surface area contributed by atoms with E-state index in [9.17, 15) is 19.7 Å². The molecule has 7 rings (SSSR count). The Morgan fingerprint density at radius 1 is 0.818 bits per heavy atom. The Labute approximate surface area is 209 Å². The van der Waals surface area contributed by atoms with E-state index in [1.54, 1.807) is 0 Å². The van der Waals surface area contributed by atoms with Crippen molar-refractivity contribution >= 4 is 66.6 Å². The molecule has 1 heterocycles. The summed E-state index contributed by atoms with van der Waals surface area (Å²) < 4.78 is -1.91. The second kappa shape index (κ2) is 6.74. The fourth-order valence-electron chi connectivity index (χ4n) is 5.74. The summed E-state index contributed by atoms with van der Waals surface area (Å²) in [5.41, 5.74) is 3.13. The lowest BCUT2D eigenvalue weighted by molar-refractivity contribution is -0.384. The highest BCUT2D eigenvalue weighted by atomic mass is 79.9. The summed E-state index contributed by atoms with van der Waals surface area (Å²) in [6, 6.07) is 19.4. The normalized spacial score (nSPS) is 29.0. The number of rotatable bonds is 2. The molecule has 2 amide bonds. The first-order valence-corrected chi connectivity index (χ1v) is 12.1. The van der Waals surface area contributed by atoms with Crippen molar-refractivity contribution in [1.29, 1.82) is 0 Å². The monoisotopic (exact) mass is 586 g/mol. The first-order chi connectivity index (χ1) is 15.7. The number of nitro benzene ring substituents is 1. The number of imide groups is 1. The van der Waals surface area contributed by atoms with Gasteiger partial charge in [-0.15, -0.1) is 0 Å². The van der Waals surface area contributed by atoms with Gasteiger partial charge in [-0.1, -0.05) is 92.0 Å². The fraction of sp³-hybridized carbons (Fsp3) is 0.167. The van der Waals surface area contributed by atoms with Crippen molar-refractivity contribution in [2.45, 2.75) is 8.65 Å². The first kappa shape index (κ1) is 21.0. The molecule has 2 atom stereocenters. The zero-order valence-electron chi connectivity index (χ0n) is 16.7. The lowest BCUT2D eigenvalue weighted by Crippen LogP contribution is -2.56. The van der Waals surface area contributed by atoms with Crippen molar-refractivity contribution in [3.05, 3.63) is 104 Å². The van der Waals surface area contributed by atoms with Gasteiger partial charge in [-0.05, 0) is 34.4 Å². The number of amides is 2. The maximum absolute atomic E-state index is 14.0. The number of carbonyl (C=O) groups excluding carboxylic acids is 2. The van der Waals surface area contributed by atoms with E-state index in [1.807, 2.05) is 48.5 Å². The Balaban J connectivity index is 1.65. The lowest BCUT2D eigenvalue weighted by Gasteiger charge is -2.55. The van der Waals surface area contributed by atoms with Crippen LogP contribution in [0.5, 0.6) is 0 Å². The summed E-state index contributed by atoms with van der Waals surface area (Å²) in [5.74, 6) is -2.57. The van der Waals surface area contributed by atoms with E-state index in [2.05, 4.69) is 31.9 Å². The van der Waals surface area contributed by atoms with Crippen molar-refractivity contribution < 1.29 is 14.5 Å². The zero-order chi connectivity index (χ0) is 23.3. The van der Waals surface area contributed by atoms with E-state index < -0.39 is 42.9 Å². The van der Waals surface area contributed by atoms with Crippen LogP contribution in [0.3, 0.4) is 0 Å². The molecule has 9 heteroatoms. The smallest absolute Gasteiger partial charge is 0.274 e. The molecule has 1 aliphatic heterocycles. The quantitative estimate of drug-likeness (QED) is 0.168. The van der Waals surface area contributed by atoms with Crippen LogP contribution in [-0.4, -0.2) is 16.7 Å². The van der Waals surface area contributed by atoms with Crippen molar-refractivity contribution in [2.24, 2.45) is 11.8 Å². The number of alkyl halides is 2. The van der Waals surface area contributed by atoms with Crippen LogP contribution in [0.1, 0.15) is 22.3 Å². The van der Waals surface area contributed by atoms with Crippen molar-refractivity contribution in [3.8, 4) is 0 Å². The number of benzene rings is 3. The Morgan fingerprint density at radius 2 is 1.24 bits per heavy atom. The highest BCUT2D eigenvalue weighted by molar-refractivity contribution is 9.10. The van der Waals surface area contributed by atoms with E-state index in [0.717, 1.165) is 33.2 Å². The largest absolute Gasteiger partial charge is 0.294 e. The van der Waals surface area contributed by atoms with Gasteiger partial charge in [-0.2, -0.15) is 0 Å². The van der Waals surface area contributed by atoms with Gasteiger partial charge in [0.15, 0.2) is 0 Å². The number of hydrogen-bond acceptors (Lipinski definition) is 4. The molecule has 6 nitrogen and oxygen atoms in total. The van der Waals surface area contributed by atoms with E-state index in [-0.39, 0.29) is 10.7 Å². The molecule has 2 bridgehead atoms. The molecule has 0 spiro atoms. The van der Waals surface area contributed by atoms with Crippen LogP contribution in [-0.2, 0) is 18.2 Å². The highest BCUT2D eigenvalue weighted by Crippen LogP contribution is 2.71. The van der Waals surface area contributed by atoms with E-state index in [4.69, 9.17) is 11.6 Å². The maximum Gasteiger partial charge on any atom is 0.294 e. The summed E-state index contributed by atoms with van der Waals surface area (Å²) in [6.07, 6.45) is 0. The minimum Gasteiger partial charge on any atom is -0.274 e. The molecule has 0 radical (unpaired) electrons. The minimum atomic E-state index is -0.955. The predicted molar refractivity (Wildman–Crippen MR) is 130 cm³/mol. The van der Waals surface area contributed by atoms with Gasteiger partial charge in [0, 0.05) is 11.1 Å². The second-order valence-corrected chi connectivity index (χ2v) is 11.3.